The first-order valence-electron chi connectivity index (χ1n) is 11.6. The summed E-state index contributed by atoms with van der Waals surface area (Å²) in [6, 6.07) is 32.4. The maximum absolute atomic E-state index is 7.74. The average molecular weight is 420 g/mol. The van der Waals surface area contributed by atoms with Gasteiger partial charge in [-0.05, 0) is 53.9 Å². The topological polar surface area (TPSA) is 17.8 Å². The molecule has 3 heteroatoms. The van der Waals surface area contributed by atoms with Gasteiger partial charge in [-0.25, -0.2) is 4.98 Å². The molecule has 0 unspecified atom stereocenters. The van der Waals surface area contributed by atoms with Crippen molar-refractivity contribution >= 4 is 32.5 Å². The van der Waals surface area contributed by atoms with Crippen molar-refractivity contribution < 1.29 is 4.11 Å². The van der Waals surface area contributed by atoms with Crippen molar-refractivity contribution in [1.29, 1.82) is 0 Å². The van der Waals surface area contributed by atoms with Gasteiger partial charge in [-0.15, -0.1) is 11.3 Å². The van der Waals surface area contributed by atoms with Gasteiger partial charge in [0.25, 0.3) is 0 Å². The standard InChI is InChI=1S/C28H20N2S/c1-19-11-16-23-24(18-31-27(23)17-19)28-29-25-9-5-6-10-26(25)30(28)22-14-12-21(13-15-22)20-7-3-2-4-8-20/h2-18H,1H3/i1D3. The number of aryl methyl sites for hydroxylation is 1. The van der Waals surface area contributed by atoms with E-state index >= 15 is 0 Å². The molecule has 2 heterocycles. The maximum atomic E-state index is 7.74. The zero-order valence-corrected chi connectivity index (χ0v) is 17.4. The molecule has 2 aromatic heterocycles. The quantitative estimate of drug-likeness (QED) is 0.285. The van der Waals surface area contributed by atoms with Crippen molar-refractivity contribution in [2.45, 2.75) is 6.85 Å². The lowest BCUT2D eigenvalue weighted by Gasteiger charge is -2.10. The second kappa shape index (κ2) is 7.22. The van der Waals surface area contributed by atoms with Crippen LogP contribution in [0.15, 0.2) is 102 Å². The minimum absolute atomic E-state index is 0.360. The molecule has 6 rings (SSSR count). The highest BCUT2D eigenvalue weighted by atomic mass is 32.1. The number of fused-ring (bicyclic) bond motifs is 2. The third-order valence-corrected chi connectivity index (χ3v) is 6.56. The van der Waals surface area contributed by atoms with Gasteiger partial charge in [0.05, 0.1) is 11.0 Å². The van der Waals surface area contributed by atoms with E-state index in [0.717, 1.165) is 43.8 Å². The van der Waals surface area contributed by atoms with Crippen LogP contribution in [0.5, 0.6) is 0 Å². The lowest BCUT2D eigenvalue weighted by Crippen LogP contribution is -1.97. The molecule has 0 aliphatic carbocycles. The summed E-state index contributed by atoms with van der Waals surface area (Å²) in [5.74, 6) is 0.849. The molecule has 148 valence electrons. The average Bonchev–Trinajstić information content (AvgIpc) is 3.45. The summed E-state index contributed by atoms with van der Waals surface area (Å²) in [5.41, 5.74) is 6.68. The Balaban J connectivity index is 1.53. The second-order valence-electron chi connectivity index (χ2n) is 7.53. The van der Waals surface area contributed by atoms with Gasteiger partial charge in [0.15, 0.2) is 0 Å². The van der Waals surface area contributed by atoms with Crippen LogP contribution in [0.1, 0.15) is 9.68 Å². The van der Waals surface area contributed by atoms with Gasteiger partial charge in [-0.1, -0.05) is 66.7 Å². The molecule has 0 saturated heterocycles. The summed E-state index contributed by atoms with van der Waals surface area (Å²) in [6.45, 7) is -2.12. The fraction of sp³-hybridized carbons (Fsp3) is 0.0357. The molecule has 0 fully saturated rings. The number of rotatable bonds is 3. The van der Waals surface area contributed by atoms with E-state index in [-0.39, 0.29) is 0 Å². The SMILES string of the molecule is [2H]C([2H])([2H])c1ccc2c(-c3nc4ccccc4n3-c3ccc(-c4ccccc4)cc3)csc2c1. The molecule has 6 aromatic rings. The summed E-state index contributed by atoms with van der Waals surface area (Å²) in [6.07, 6.45) is 0. The van der Waals surface area contributed by atoms with Crippen LogP contribution in [0.4, 0.5) is 0 Å². The van der Waals surface area contributed by atoms with E-state index in [1.54, 1.807) is 23.5 Å². The molecule has 0 spiro atoms. The molecule has 4 aromatic carbocycles. The number of hydrogen-bond donors (Lipinski definition) is 0. The number of para-hydroxylation sites is 2. The molecule has 0 bridgehead atoms. The van der Waals surface area contributed by atoms with Crippen LogP contribution in [0.3, 0.4) is 0 Å². The fourth-order valence-electron chi connectivity index (χ4n) is 4.10. The molecule has 0 N–H and O–H groups in total. The van der Waals surface area contributed by atoms with Crippen molar-refractivity contribution in [3.8, 4) is 28.2 Å². The monoisotopic (exact) mass is 419 g/mol. The number of thiophene rings is 1. The zero-order valence-electron chi connectivity index (χ0n) is 19.6. The summed E-state index contributed by atoms with van der Waals surface area (Å²) in [5, 5.41) is 3.08. The van der Waals surface area contributed by atoms with Gasteiger partial charge < -0.3 is 0 Å². The van der Waals surface area contributed by atoms with Gasteiger partial charge in [0.1, 0.15) is 5.82 Å². The molecule has 0 aliphatic heterocycles. The lowest BCUT2D eigenvalue weighted by atomic mass is 10.1. The Hall–Kier alpha value is -3.69. The Kier molecular flexibility index (Phi) is 3.53. The number of imidazole rings is 1. The molecule has 0 aliphatic rings. The molecule has 0 amide bonds. The first-order chi connectivity index (χ1) is 16.5. The largest absolute Gasteiger partial charge is 0.292 e. The normalized spacial score (nSPS) is 13.2. The number of nitrogens with zero attached hydrogens (tertiary/aromatic N) is 2. The highest BCUT2D eigenvalue weighted by Gasteiger charge is 2.17. The van der Waals surface area contributed by atoms with E-state index in [0.29, 0.717) is 5.56 Å². The maximum Gasteiger partial charge on any atom is 0.147 e. The summed E-state index contributed by atoms with van der Waals surface area (Å²) >= 11 is 1.55. The highest BCUT2D eigenvalue weighted by Crippen LogP contribution is 2.37. The third-order valence-electron chi connectivity index (χ3n) is 5.61. The highest BCUT2D eigenvalue weighted by molar-refractivity contribution is 7.17. The predicted octanol–water partition coefficient (Wildman–Crippen LogP) is 7.88. The van der Waals surface area contributed by atoms with Crippen LogP contribution in [-0.2, 0) is 0 Å². The fourth-order valence-corrected chi connectivity index (χ4v) is 5.08. The molecular weight excluding hydrogens is 396 g/mol. The molecule has 2 nitrogen and oxygen atoms in total. The van der Waals surface area contributed by atoms with Crippen LogP contribution < -0.4 is 0 Å². The Morgan fingerprint density at radius 3 is 2.42 bits per heavy atom. The van der Waals surface area contributed by atoms with Gasteiger partial charge in [-0.2, -0.15) is 0 Å². The zero-order chi connectivity index (χ0) is 23.3. The first-order valence-corrected chi connectivity index (χ1v) is 11.0. The van der Waals surface area contributed by atoms with Crippen LogP contribution in [0.2, 0.25) is 0 Å². The van der Waals surface area contributed by atoms with Crippen molar-refractivity contribution in [2.24, 2.45) is 0 Å². The van der Waals surface area contributed by atoms with E-state index in [1.165, 1.54) is 5.56 Å². The molecular formula is C28H20N2S. The number of aromatic nitrogens is 2. The third kappa shape index (κ3) is 3.06. The minimum atomic E-state index is -2.12. The van der Waals surface area contributed by atoms with Crippen LogP contribution in [0, 0.1) is 6.85 Å². The van der Waals surface area contributed by atoms with Crippen LogP contribution in [-0.4, -0.2) is 9.55 Å². The van der Waals surface area contributed by atoms with Crippen molar-refractivity contribution in [1.82, 2.24) is 9.55 Å². The first kappa shape index (κ1) is 15.2. The summed E-state index contributed by atoms with van der Waals surface area (Å²) in [7, 11) is 0. The molecule has 0 saturated carbocycles. The minimum Gasteiger partial charge on any atom is -0.292 e. The van der Waals surface area contributed by atoms with Gasteiger partial charge in [0, 0.05) is 30.8 Å². The Labute approximate surface area is 189 Å². The Morgan fingerprint density at radius 1 is 0.806 bits per heavy atom. The summed E-state index contributed by atoms with van der Waals surface area (Å²) in [4.78, 5) is 4.99. The predicted molar refractivity (Wildman–Crippen MR) is 132 cm³/mol. The van der Waals surface area contributed by atoms with Crippen molar-refractivity contribution in [3.05, 3.63) is 108 Å². The van der Waals surface area contributed by atoms with E-state index in [4.69, 9.17) is 9.10 Å². The van der Waals surface area contributed by atoms with Crippen molar-refractivity contribution in [3.63, 3.8) is 0 Å². The smallest absolute Gasteiger partial charge is 0.147 e. The number of benzene rings is 4. The van der Waals surface area contributed by atoms with Gasteiger partial charge in [-0.3, -0.25) is 4.57 Å². The van der Waals surface area contributed by atoms with Gasteiger partial charge in [0.2, 0.25) is 0 Å². The van der Waals surface area contributed by atoms with E-state index in [9.17, 15) is 0 Å². The second-order valence-corrected chi connectivity index (χ2v) is 8.44. The lowest BCUT2D eigenvalue weighted by molar-refractivity contribution is 1.11. The van der Waals surface area contributed by atoms with Crippen molar-refractivity contribution in [2.75, 3.05) is 0 Å². The number of hydrogen-bond acceptors (Lipinski definition) is 2. The Morgan fingerprint density at radius 2 is 1.58 bits per heavy atom. The molecule has 0 atom stereocenters. The molecule has 0 radical (unpaired) electrons. The summed E-state index contributed by atoms with van der Waals surface area (Å²) < 4.78 is 26.3. The Bertz CT molecular complexity index is 1630. The molecule has 31 heavy (non-hydrogen) atoms. The van der Waals surface area contributed by atoms with E-state index in [2.05, 4.69) is 52.4 Å². The van der Waals surface area contributed by atoms with Crippen LogP contribution >= 0.6 is 11.3 Å². The van der Waals surface area contributed by atoms with E-state index < -0.39 is 6.85 Å². The van der Waals surface area contributed by atoms with E-state index in [1.807, 2.05) is 42.5 Å². The van der Waals surface area contributed by atoms with Gasteiger partial charge >= 0.3 is 0 Å². The van der Waals surface area contributed by atoms with Crippen LogP contribution in [0.25, 0.3) is 49.3 Å².